The lowest BCUT2D eigenvalue weighted by atomic mass is 10.1. The van der Waals surface area contributed by atoms with E-state index in [4.69, 9.17) is 10.5 Å². The van der Waals surface area contributed by atoms with Gasteiger partial charge in [0.2, 0.25) is 0 Å². The number of hydrogen-bond acceptors (Lipinski definition) is 4. The minimum atomic E-state index is -0.688. The zero-order chi connectivity index (χ0) is 15.8. The normalized spacial score (nSPS) is 13.4. The van der Waals surface area contributed by atoms with Gasteiger partial charge in [0.05, 0.1) is 0 Å². The van der Waals surface area contributed by atoms with Crippen LogP contribution < -0.4 is 15.8 Å². The van der Waals surface area contributed by atoms with E-state index in [1.807, 2.05) is 54.6 Å². The van der Waals surface area contributed by atoms with Crippen LogP contribution in [0, 0.1) is 0 Å². The molecule has 0 heterocycles. The molecule has 2 aromatic carbocycles. The highest BCUT2D eigenvalue weighted by atomic mass is 79.9. The number of aliphatic hydroxyl groups excluding tert-OH is 1. The number of aliphatic hydroxyl groups is 1. The number of para-hydroxylation sites is 1. The van der Waals surface area contributed by atoms with Crippen LogP contribution in [0.1, 0.15) is 6.42 Å². The molecule has 0 amide bonds. The highest BCUT2D eigenvalue weighted by Crippen LogP contribution is 2.14. The first-order valence-electron chi connectivity index (χ1n) is 7.26. The predicted octanol–water partition coefficient (Wildman–Crippen LogP) is 3.02. The molecule has 4 nitrogen and oxygen atoms in total. The van der Waals surface area contributed by atoms with Gasteiger partial charge in [-0.2, -0.15) is 0 Å². The summed E-state index contributed by atoms with van der Waals surface area (Å²) in [4.78, 5) is 0. The Morgan fingerprint density at radius 1 is 1.09 bits per heavy atom. The Balaban J connectivity index is 1.67. The summed E-state index contributed by atoms with van der Waals surface area (Å²) in [5, 5.41) is 13.3. The second-order valence-corrected chi connectivity index (χ2v) is 5.99. The molecule has 0 aliphatic carbocycles. The van der Waals surface area contributed by atoms with E-state index in [9.17, 15) is 5.11 Å². The summed E-state index contributed by atoms with van der Waals surface area (Å²) in [5.74, 6) is 0.738. The Hall–Kier alpha value is -1.56. The maximum absolute atomic E-state index is 10.0. The summed E-state index contributed by atoms with van der Waals surface area (Å²) >= 11 is 3.40. The summed E-state index contributed by atoms with van der Waals surface area (Å²) in [6, 6.07) is 17.0. The zero-order valence-electron chi connectivity index (χ0n) is 12.3. The van der Waals surface area contributed by atoms with Crippen molar-refractivity contribution in [1.29, 1.82) is 0 Å². The highest BCUT2D eigenvalue weighted by Gasteiger charge is 2.15. The van der Waals surface area contributed by atoms with E-state index in [-0.39, 0.29) is 12.6 Å². The van der Waals surface area contributed by atoms with Crippen LogP contribution in [-0.4, -0.2) is 30.4 Å². The molecule has 0 bridgehead atoms. The van der Waals surface area contributed by atoms with Crippen LogP contribution in [-0.2, 0) is 0 Å². The van der Waals surface area contributed by atoms with Crippen molar-refractivity contribution in [3.05, 3.63) is 59.1 Å². The number of nitrogens with two attached hydrogens (primary N) is 1. The summed E-state index contributed by atoms with van der Waals surface area (Å²) in [6.07, 6.45) is -0.0259. The van der Waals surface area contributed by atoms with Crippen molar-refractivity contribution < 1.29 is 9.84 Å². The van der Waals surface area contributed by atoms with Gasteiger partial charge in [0.25, 0.3) is 0 Å². The van der Waals surface area contributed by atoms with Gasteiger partial charge in [-0.3, -0.25) is 0 Å². The maximum Gasteiger partial charge on any atom is 0.119 e. The third kappa shape index (κ3) is 5.67. The molecule has 4 N–H and O–H groups in total. The lowest BCUT2D eigenvalue weighted by molar-refractivity contribution is 0.0836. The Morgan fingerprint density at radius 2 is 1.77 bits per heavy atom. The first-order chi connectivity index (χ1) is 10.6. The van der Waals surface area contributed by atoms with Gasteiger partial charge in [0.1, 0.15) is 18.5 Å². The molecule has 0 aromatic heterocycles. The van der Waals surface area contributed by atoms with E-state index in [1.54, 1.807) is 0 Å². The van der Waals surface area contributed by atoms with Crippen molar-refractivity contribution in [2.24, 2.45) is 5.73 Å². The molecule has 0 fully saturated rings. The van der Waals surface area contributed by atoms with E-state index in [0.29, 0.717) is 13.0 Å². The van der Waals surface area contributed by atoms with Crippen molar-refractivity contribution in [2.75, 3.05) is 18.5 Å². The molecule has 22 heavy (non-hydrogen) atoms. The topological polar surface area (TPSA) is 67.5 Å². The Kier molecular flexibility index (Phi) is 6.71. The van der Waals surface area contributed by atoms with Crippen molar-refractivity contribution in [1.82, 2.24) is 0 Å². The van der Waals surface area contributed by atoms with Crippen LogP contribution in [0.5, 0.6) is 5.75 Å². The van der Waals surface area contributed by atoms with Gasteiger partial charge in [-0.1, -0.05) is 34.1 Å². The molecule has 0 aliphatic rings. The molecular weight excluding hydrogens is 344 g/mol. The van der Waals surface area contributed by atoms with Gasteiger partial charge in [0.15, 0.2) is 0 Å². The van der Waals surface area contributed by atoms with Crippen molar-refractivity contribution >= 4 is 21.6 Å². The smallest absolute Gasteiger partial charge is 0.119 e. The molecule has 2 atom stereocenters. The summed E-state index contributed by atoms with van der Waals surface area (Å²) < 4.78 is 6.56. The number of halogens is 1. The fraction of sp³-hybridized carbons (Fsp3) is 0.294. The molecule has 5 heteroatoms. The van der Waals surface area contributed by atoms with E-state index >= 15 is 0 Å². The molecule has 0 radical (unpaired) electrons. The summed E-state index contributed by atoms with van der Waals surface area (Å²) in [5.41, 5.74) is 7.02. The van der Waals surface area contributed by atoms with E-state index in [1.165, 1.54) is 0 Å². The van der Waals surface area contributed by atoms with Crippen LogP contribution in [0.3, 0.4) is 0 Å². The molecule has 2 rings (SSSR count). The Morgan fingerprint density at radius 3 is 2.45 bits per heavy atom. The number of rotatable bonds is 8. The molecule has 0 saturated heterocycles. The Labute approximate surface area is 139 Å². The Bertz CT molecular complexity index is 548. The third-order valence-electron chi connectivity index (χ3n) is 3.31. The highest BCUT2D eigenvalue weighted by molar-refractivity contribution is 9.10. The van der Waals surface area contributed by atoms with Gasteiger partial charge < -0.3 is 20.9 Å². The molecule has 0 aliphatic heterocycles. The lowest BCUT2D eigenvalue weighted by Gasteiger charge is -2.19. The van der Waals surface area contributed by atoms with Crippen molar-refractivity contribution in [2.45, 2.75) is 18.6 Å². The van der Waals surface area contributed by atoms with Crippen LogP contribution in [0.25, 0.3) is 0 Å². The first kappa shape index (κ1) is 16.8. The maximum atomic E-state index is 10.0. The number of nitrogens with one attached hydrogen (secondary N) is 1. The second-order valence-electron chi connectivity index (χ2n) is 5.08. The number of anilines is 1. The van der Waals surface area contributed by atoms with Gasteiger partial charge in [0, 0.05) is 22.7 Å². The van der Waals surface area contributed by atoms with Gasteiger partial charge >= 0.3 is 0 Å². The van der Waals surface area contributed by atoms with E-state index in [2.05, 4.69) is 21.2 Å². The molecule has 0 spiro atoms. The van der Waals surface area contributed by atoms with E-state index < -0.39 is 6.10 Å². The standard InChI is InChI=1S/C17H21BrN2O2/c18-13-6-8-14(9-7-13)20-11-10-16(19)17(21)12-22-15-4-2-1-3-5-15/h1-9,16-17,20-21H,10-12,19H2. The van der Waals surface area contributed by atoms with Crippen molar-refractivity contribution in [3.8, 4) is 5.75 Å². The molecule has 118 valence electrons. The summed E-state index contributed by atoms with van der Waals surface area (Å²) in [7, 11) is 0. The second kappa shape index (κ2) is 8.78. The van der Waals surface area contributed by atoms with Crippen LogP contribution in [0.4, 0.5) is 5.69 Å². The molecular formula is C17H21BrN2O2. The third-order valence-corrected chi connectivity index (χ3v) is 3.84. The van der Waals surface area contributed by atoms with Crippen LogP contribution >= 0.6 is 15.9 Å². The predicted molar refractivity (Wildman–Crippen MR) is 93.2 cm³/mol. The number of ether oxygens (including phenoxy) is 1. The largest absolute Gasteiger partial charge is 0.491 e. The fourth-order valence-corrected chi connectivity index (χ4v) is 2.23. The van der Waals surface area contributed by atoms with Crippen molar-refractivity contribution in [3.63, 3.8) is 0 Å². The molecule has 0 saturated carbocycles. The molecule has 2 unspecified atom stereocenters. The monoisotopic (exact) mass is 364 g/mol. The van der Waals surface area contributed by atoms with Crippen LogP contribution in [0.2, 0.25) is 0 Å². The first-order valence-corrected chi connectivity index (χ1v) is 8.05. The van der Waals surface area contributed by atoms with Crippen LogP contribution in [0.15, 0.2) is 59.1 Å². The quantitative estimate of drug-likeness (QED) is 0.673. The fourth-order valence-electron chi connectivity index (χ4n) is 1.97. The van der Waals surface area contributed by atoms with Gasteiger partial charge in [-0.05, 0) is 42.8 Å². The number of benzene rings is 2. The minimum absolute atomic E-state index is 0.198. The van der Waals surface area contributed by atoms with E-state index in [0.717, 1.165) is 15.9 Å². The average Bonchev–Trinajstić information content (AvgIpc) is 2.55. The van der Waals surface area contributed by atoms with Gasteiger partial charge in [-0.15, -0.1) is 0 Å². The van der Waals surface area contributed by atoms with Gasteiger partial charge in [-0.25, -0.2) is 0 Å². The number of hydrogen-bond donors (Lipinski definition) is 3. The SMILES string of the molecule is NC(CCNc1ccc(Br)cc1)C(O)COc1ccccc1. The lowest BCUT2D eigenvalue weighted by Crippen LogP contribution is -2.40. The summed E-state index contributed by atoms with van der Waals surface area (Å²) in [6.45, 7) is 0.897. The zero-order valence-corrected chi connectivity index (χ0v) is 13.9. The minimum Gasteiger partial charge on any atom is -0.491 e. The average molecular weight is 365 g/mol. The molecule has 2 aromatic rings.